The summed E-state index contributed by atoms with van der Waals surface area (Å²) in [6.07, 6.45) is 2.77. The lowest BCUT2D eigenvalue weighted by Gasteiger charge is -2.40. The van der Waals surface area contributed by atoms with Crippen molar-refractivity contribution in [3.05, 3.63) is 65.5 Å². The van der Waals surface area contributed by atoms with E-state index in [1.54, 1.807) is 12.1 Å². The Morgan fingerprint density at radius 2 is 1.89 bits per heavy atom. The zero-order chi connectivity index (χ0) is 19.6. The molecule has 1 saturated heterocycles. The summed E-state index contributed by atoms with van der Waals surface area (Å²) in [5.74, 6) is -0.222. The Morgan fingerprint density at radius 3 is 2.61 bits per heavy atom. The highest BCUT2D eigenvalue weighted by atomic mass is 19.1. The number of carbonyl (C=O) groups is 1. The van der Waals surface area contributed by atoms with E-state index in [9.17, 15) is 9.18 Å². The molecule has 0 unspecified atom stereocenters. The second-order valence-corrected chi connectivity index (χ2v) is 8.02. The van der Waals surface area contributed by atoms with Crippen LogP contribution in [0.5, 0.6) is 0 Å². The zero-order valence-electron chi connectivity index (χ0n) is 16.5. The number of rotatable bonds is 4. The molecule has 4 nitrogen and oxygen atoms in total. The van der Waals surface area contributed by atoms with Gasteiger partial charge in [0.25, 0.3) is 0 Å². The van der Waals surface area contributed by atoms with Crippen molar-refractivity contribution >= 4 is 11.7 Å². The molecule has 0 radical (unpaired) electrons. The molecule has 2 amide bonds. The van der Waals surface area contributed by atoms with Gasteiger partial charge in [-0.3, -0.25) is 9.80 Å². The Bertz CT molecular complexity index is 831. The third-order valence-electron chi connectivity index (χ3n) is 6.12. The van der Waals surface area contributed by atoms with Crippen molar-refractivity contribution in [2.24, 2.45) is 0 Å². The number of nitrogens with one attached hydrogen (secondary N) is 1. The lowest BCUT2D eigenvalue weighted by molar-refractivity contribution is 0.159. The molecular weight excluding hydrogens is 353 g/mol. The molecule has 148 valence electrons. The van der Waals surface area contributed by atoms with Gasteiger partial charge in [-0.2, -0.15) is 0 Å². The van der Waals surface area contributed by atoms with Crippen molar-refractivity contribution in [3.63, 3.8) is 0 Å². The molecule has 1 N–H and O–H groups in total. The SMILES string of the molecule is CCCNC(=O)N1CC2(CCN(Cc3ccccc3)CC2)c2cc(F)ccc21. The molecule has 0 saturated carbocycles. The average Bonchev–Trinajstić information content (AvgIpc) is 3.02. The van der Waals surface area contributed by atoms with Gasteiger partial charge in [-0.1, -0.05) is 37.3 Å². The molecule has 1 fully saturated rings. The Kier molecular flexibility index (Phi) is 5.36. The van der Waals surface area contributed by atoms with Gasteiger partial charge < -0.3 is 5.32 Å². The maximum atomic E-state index is 14.1. The number of benzene rings is 2. The van der Waals surface area contributed by atoms with Gasteiger partial charge in [0.05, 0.1) is 0 Å². The van der Waals surface area contributed by atoms with Gasteiger partial charge >= 0.3 is 6.03 Å². The van der Waals surface area contributed by atoms with Crippen molar-refractivity contribution in [2.45, 2.75) is 38.1 Å². The number of likely N-dealkylation sites (tertiary alicyclic amines) is 1. The summed E-state index contributed by atoms with van der Waals surface area (Å²) in [6, 6.07) is 15.3. The van der Waals surface area contributed by atoms with Crippen molar-refractivity contribution in [2.75, 3.05) is 31.1 Å². The fourth-order valence-corrected chi connectivity index (χ4v) is 4.56. The topological polar surface area (TPSA) is 35.6 Å². The average molecular weight is 381 g/mol. The van der Waals surface area contributed by atoms with E-state index >= 15 is 0 Å². The van der Waals surface area contributed by atoms with Crippen LogP contribution in [0.1, 0.15) is 37.3 Å². The Morgan fingerprint density at radius 1 is 1.14 bits per heavy atom. The predicted octanol–water partition coefficient (Wildman–Crippen LogP) is 4.30. The van der Waals surface area contributed by atoms with Crippen LogP contribution in [0.3, 0.4) is 0 Å². The highest BCUT2D eigenvalue weighted by Gasteiger charge is 2.46. The fourth-order valence-electron chi connectivity index (χ4n) is 4.56. The molecule has 2 aromatic rings. The van der Waals surface area contributed by atoms with Crippen LogP contribution in [0.15, 0.2) is 48.5 Å². The van der Waals surface area contributed by atoms with Crippen molar-refractivity contribution in [1.29, 1.82) is 0 Å². The monoisotopic (exact) mass is 381 g/mol. The molecule has 28 heavy (non-hydrogen) atoms. The molecular formula is C23H28FN3O. The minimum atomic E-state index is -0.222. The molecule has 4 rings (SSSR count). The van der Waals surface area contributed by atoms with Gasteiger partial charge in [-0.25, -0.2) is 9.18 Å². The number of urea groups is 1. The molecule has 0 bridgehead atoms. The normalized spacial score (nSPS) is 18.3. The molecule has 0 atom stereocenters. The third kappa shape index (κ3) is 3.63. The first kappa shape index (κ1) is 18.9. The molecule has 0 aliphatic carbocycles. The second-order valence-electron chi connectivity index (χ2n) is 8.02. The van der Waals surface area contributed by atoms with Crippen LogP contribution in [-0.2, 0) is 12.0 Å². The highest BCUT2D eigenvalue weighted by Crippen LogP contribution is 2.47. The van der Waals surface area contributed by atoms with Crippen LogP contribution >= 0.6 is 0 Å². The van der Waals surface area contributed by atoms with Crippen LogP contribution in [0.4, 0.5) is 14.9 Å². The van der Waals surface area contributed by atoms with Crippen LogP contribution in [0, 0.1) is 5.82 Å². The van der Waals surface area contributed by atoms with Gasteiger partial charge in [0.15, 0.2) is 0 Å². The van der Waals surface area contributed by atoms with Gasteiger partial charge in [-0.15, -0.1) is 0 Å². The molecule has 0 aromatic heterocycles. The first-order valence-electron chi connectivity index (χ1n) is 10.2. The number of fused-ring (bicyclic) bond motifs is 2. The van der Waals surface area contributed by atoms with Gasteiger partial charge in [0.2, 0.25) is 0 Å². The zero-order valence-corrected chi connectivity index (χ0v) is 16.5. The molecule has 2 aromatic carbocycles. The minimum absolute atomic E-state index is 0.0710. The molecule has 2 aliphatic heterocycles. The maximum absolute atomic E-state index is 14.1. The van der Waals surface area contributed by atoms with Crippen LogP contribution < -0.4 is 10.2 Å². The lowest BCUT2D eigenvalue weighted by atomic mass is 9.74. The third-order valence-corrected chi connectivity index (χ3v) is 6.12. The van der Waals surface area contributed by atoms with Crippen molar-refractivity contribution in [3.8, 4) is 0 Å². The lowest BCUT2D eigenvalue weighted by Crippen LogP contribution is -2.47. The molecule has 2 heterocycles. The molecule has 5 heteroatoms. The first-order valence-corrected chi connectivity index (χ1v) is 10.2. The van der Waals surface area contributed by atoms with Crippen molar-refractivity contribution < 1.29 is 9.18 Å². The van der Waals surface area contributed by atoms with Crippen LogP contribution in [-0.4, -0.2) is 37.1 Å². The quantitative estimate of drug-likeness (QED) is 0.857. The Hall–Kier alpha value is -2.40. The summed E-state index contributed by atoms with van der Waals surface area (Å²) in [5.41, 5.74) is 3.04. The van der Waals surface area contributed by atoms with Gasteiger partial charge in [0.1, 0.15) is 5.82 Å². The molecule has 1 spiro atoms. The van der Waals surface area contributed by atoms with E-state index in [1.165, 1.54) is 11.6 Å². The number of hydrogen-bond donors (Lipinski definition) is 1. The summed E-state index contributed by atoms with van der Waals surface area (Å²) in [5, 5.41) is 2.98. The number of anilines is 1. The van der Waals surface area contributed by atoms with Gasteiger partial charge in [-0.05, 0) is 61.7 Å². The van der Waals surface area contributed by atoms with E-state index in [0.717, 1.165) is 50.1 Å². The number of carbonyl (C=O) groups excluding carboxylic acids is 1. The summed E-state index contributed by atoms with van der Waals surface area (Å²) in [6.45, 7) is 6.18. The van der Waals surface area contributed by atoms with Crippen LogP contribution in [0.25, 0.3) is 0 Å². The Labute approximate surface area is 166 Å². The summed E-state index contributed by atoms with van der Waals surface area (Å²) in [4.78, 5) is 17.0. The Balaban J connectivity index is 1.52. The summed E-state index contributed by atoms with van der Waals surface area (Å²) >= 11 is 0. The molecule has 2 aliphatic rings. The van der Waals surface area contributed by atoms with Crippen molar-refractivity contribution in [1.82, 2.24) is 10.2 Å². The van der Waals surface area contributed by atoms with E-state index in [4.69, 9.17) is 0 Å². The highest BCUT2D eigenvalue weighted by molar-refractivity contribution is 5.95. The second kappa shape index (κ2) is 7.92. The number of amides is 2. The predicted molar refractivity (Wildman–Crippen MR) is 110 cm³/mol. The fraction of sp³-hybridized carbons (Fsp3) is 0.435. The van der Waals surface area contributed by atoms with Crippen LogP contribution in [0.2, 0.25) is 0 Å². The van der Waals surface area contributed by atoms with E-state index < -0.39 is 0 Å². The largest absolute Gasteiger partial charge is 0.338 e. The van der Waals surface area contributed by atoms with Gasteiger partial charge in [0, 0.05) is 30.7 Å². The number of piperidine rings is 1. The summed E-state index contributed by atoms with van der Waals surface area (Å²) in [7, 11) is 0. The smallest absolute Gasteiger partial charge is 0.321 e. The first-order chi connectivity index (χ1) is 13.6. The standard InChI is InChI=1S/C23H28FN3O/c1-2-12-25-22(28)27-17-23(20-15-19(24)8-9-21(20)27)10-13-26(14-11-23)16-18-6-4-3-5-7-18/h3-9,15H,2,10-14,16-17H2,1H3,(H,25,28). The van der Waals surface area contributed by atoms with E-state index in [-0.39, 0.29) is 17.3 Å². The van der Waals surface area contributed by atoms with E-state index in [2.05, 4.69) is 34.5 Å². The maximum Gasteiger partial charge on any atom is 0.321 e. The van der Waals surface area contributed by atoms with E-state index in [1.807, 2.05) is 17.9 Å². The summed E-state index contributed by atoms with van der Waals surface area (Å²) < 4.78 is 14.1. The number of hydrogen-bond acceptors (Lipinski definition) is 2. The minimum Gasteiger partial charge on any atom is -0.338 e. The number of halogens is 1. The number of nitrogens with zero attached hydrogens (tertiary/aromatic N) is 2. The van der Waals surface area contributed by atoms with E-state index in [0.29, 0.717) is 13.1 Å².